The lowest BCUT2D eigenvalue weighted by Crippen LogP contribution is -2.15. The number of nitrogen functional groups attached to an aromatic ring is 1. The first-order valence-corrected chi connectivity index (χ1v) is 10.8. The van der Waals surface area contributed by atoms with Crippen molar-refractivity contribution in [2.75, 3.05) is 26.1 Å². The number of allylic oxidation sites excluding steroid dienone is 1. The van der Waals surface area contributed by atoms with Crippen LogP contribution >= 0.6 is 15.9 Å². The highest BCUT2D eigenvalue weighted by atomic mass is 79.9. The first-order valence-electron chi connectivity index (χ1n) is 10.1. The molecule has 10 heteroatoms. The Morgan fingerprint density at radius 1 is 1.24 bits per heavy atom. The summed E-state index contributed by atoms with van der Waals surface area (Å²) in [5, 5.41) is 24.0. The minimum absolute atomic E-state index is 0.0918. The molecule has 1 heterocycles. The molecule has 0 amide bonds. The van der Waals surface area contributed by atoms with Crippen molar-refractivity contribution in [1.29, 1.82) is 10.5 Å². The smallest absolute Gasteiger partial charge is 0.344 e. The molecule has 0 bridgehead atoms. The van der Waals surface area contributed by atoms with Gasteiger partial charge in [-0.1, -0.05) is 34.1 Å². The maximum atomic E-state index is 11.6. The summed E-state index contributed by atoms with van der Waals surface area (Å²) < 4.78 is 17.7. The minimum atomic E-state index is -0.507. The Hall–Kier alpha value is -4.28. The van der Waals surface area contributed by atoms with Gasteiger partial charge in [0, 0.05) is 4.47 Å². The zero-order valence-corrected chi connectivity index (χ0v) is 20.0. The fourth-order valence-electron chi connectivity index (χ4n) is 3.08. The molecule has 3 rings (SSSR count). The van der Waals surface area contributed by atoms with Gasteiger partial charge in [-0.05, 0) is 42.8 Å². The van der Waals surface area contributed by atoms with Crippen molar-refractivity contribution >= 4 is 39.4 Å². The Morgan fingerprint density at radius 3 is 2.59 bits per heavy atom. The number of nitriles is 2. The maximum absolute atomic E-state index is 11.6. The third kappa shape index (κ3) is 5.20. The fraction of sp³-hybridized carbons (Fsp3) is 0.167. The molecule has 0 saturated heterocycles. The molecule has 2 aromatic carbocycles. The number of esters is 1. The van der Waals surface area contributed by atoms with Gasteiger partial charge in [0.25, 0.3) is 0 Å². The molecule has 0 radical (unpaired) electrons. The van der Waals surface area contributed by atoms with Gasteiger partial charge in [-0.25, -0.2) is 9.48 Å². The van der Waals surface area contributed by atoms with Gasteiger partial charge in [0.05, 0.1) is 25.0 Å². The number of aromatic nitrogens is 2. The lowest BCUT2D eigenvalue weighted by Gasteiger charge is -2.12. The molecule has 0 unspecified atom stereocenters. The van der Waals surface area contributed by atoms with Gasteiger partial charge in [0.1, 0.15) is 29.2 Å². The zero-order chi connectivity index (χ0) is 24.7. The van der Waals surface area contributed by atoms with E-state index in [4.69, 9.17) is 19.9 Å². The zero-order valence-electron chi connectivity index (χ0n) is 18.4. The average molecular weight is 522 g/mol. The van der Waals surface area contributed by atoms with Crippen LogP contribution < -0.4 is 15.2 Å². The van der Waals surface area contributed by atoms with Crippen molar-refractivity contribution in [3.05, 3.63) is 63.8 Å². The Kier molecular flexibility index (Phi) is 7.91. The second kappa shape index (κ2) is 11.0. The molecule has 1 aromatic heterocycles. The number of nitrogens with zero attached hydrogens (tertiary/aromatic N) is 4. The highest BCUT2D eigenvalue weighted by molar-refractivity contribution is 9.10. The molecule has 0 aliphatic rings. The van der Waals surface area contributed by atoms with E-state index in [1.165, 1.54) is 11.8 Å². The van der Waals surface area contributed by atoms with Crippen LogP contribution in [0.5, 0.6) is 11.5 Å². The lowest BCUT2D eigenvalue weighted by atomic mass is 10.1. The summed E-state index contributed by atoms with van der Waals surface area (Å²) in [5.41, 5.74) is 7.76. The Labute approximate surface area is 204 Å². The number of carbonyl (C=O) groups is 1. The summed E-state index contributed by atoms with van der Waals surface area (Å²) in [5.74, 6) is 0.274. The second-order valence-corrected chi connectivity index (χ2v) is 7.61. The Morgan fingerprint density at radius 2 is 1.97 bits per heavy atom. The average Bonchev–Trinajstić information content (AvgIpc) is 3.18. The van der Waals surface area contributed by atoms with Crippen LogP contribution in [0.2, 0.25) is 0 Å². The van der Waals surface area contributed by atoms with Crippen LogP contribution in [0.1, 0.15) is 23.7 Å². The van der Waals surface area contributed by atoms with E-state index in [1.54, 1.807) is 37.3 Å². The van der Waals surface area contributed by atoms with Gasteiger partial charge in [-0.2, -0.15) is 15.6 Å². The minimum Gasteiger partial charge on any atom is -0.493 e. The molecule has 0 atom stereocenters. The molecular formula is C24H20BrN5O4. The van der Waals surface area contributed by atoms with Crippen LogP contribution in [0.4, 0.5) is 5.82 Å². The van der Waals surface area contributed by atoms with E-state index < -0.39 is 5.97 Å². The maximum Gasteiger partial charge on any atom is 0.344 e. The van der Waals surface area contributed by atoms with E-state index in [0.717, 1.165) is 0 Å². The summed E-state index contributed by atoms with van der Waals surface area (Å²) in [6.45, 7) is 1.67. The van der Waals surface area contributed by atoms with Crippen LogP contribution in [-0.4, -0.2) is 36.1 Å². The molecule has 9 nitrogen and oxygen atoms in total. The van der Waals surface area contributed by atoms with Crippen LogP contribution in [0.15, 0.2) is 46.9 Å². The molecule has 0 saturated carbocycles. The van der Waals surface area contributed by atoms with E-state index in [2.05, 4.69) is 27.1 Å². The normalized spacial score (nSPS) is 10.8. The summed E-state index contributed by atoms with van der Waals surface area (Å²) in [7, 11) is 1.45. The molecule has 0 aliphatic heterocycles. The number of hydrogen-bond donors (Lipinski definition) is 1. The molecule has 0 aliphatic carbocycles. The third-order valence-corrected chi connectivity index (χ3v) is 5.33. The second-order valence-electron chi connectivity index (χ2n) is 6.76. The lowest BCUT2D eigenvalue weighted by molar-refractivity contribution is -0.145. The molecule has 34 heavy (non-hydrogen) atoms. The SMILES string of the molecule is CCOC(=O)COc1cc(Br)c(/C=C(\C#N)c2nn(-c3ccccc3)c(N)c2C#N)cc1OC. The number of anilines is 1. The summed E-state index contributed by atoms with van der Waals surface area (Å²) in [6, 6.07) is 16.4. The predicted molar refractivity (Wildman–Crippen MR) is 129 cm³/mol. The molecule has 3 aromatic rings. The van der Waals surface area contributed by atoms with Crippen LogP contribution in [-0.2, 0) is 9.53 Å². The molecule has 172 valence electrons. The predicted octanol–water partition coefficient (Wildman–Crippen LogP) is 4.10. The van der Waals surface area contributed by atoms with Crippen molar-refractivity contribution in [3.63, 3.8) is 0 Å². The van der Waals surface area contributed by atoms with E-state index in [1.807, 2.05) is 24.3 Å². The van der Waals surface area contributed by atoms with Crippen LogP contribution in [0, 0.1) is 22.7 Å². The van der Waals surface area contributed by atoms with E-state index >= 15 is 0 Å². The number of nitrogens with two attached hydrogens (primary N) is 1. The summed E-state index contributed by atoms with van der Waals surface area (Å²) >= 11 is 3.45. The van der Waals surface area contributed by atoms with E-state index in [9.17, 15) is 15.3 Å². The standard InChI is InChI=1S/C24H20BrN5O4/c1-3-33-22(31)14-34-21-11-19(25)15(10-20(21)32-2)9-16(12-26)23-18(13-27)24(28)30(29-23)17-7-5-4-6-8-17/h4-11H,3,14,28H2,1-2H3/b16-9+. The molecule has 0 spiro atoms. The van der Waals surface area contributed by atoms with Gasteiger partial charge >= 0.3 is 5.97 Å². The monoisotopic (exact) mass is 521 g/mol. The van der Waals surface area contributed by atoms with Gasteiger partial charge in [-0.15, -0.1) is 0 Å². The third-order valence-electron chi connectivity index (χ3n) is 4.64. The van der Waals surface area contributed by atoms with Crippen molar-refractivity contribution in [3.8, 4) is 29.3 Å². The number of benzene rings is 2. The van der Waals surface area contributed by atoms with E-state index in [0.29, 0.717) is 27.2 Å². The number of ether oxygens (including phenoxy) is 3. The highest BCUT2D eigenvalue weighted by Gasteiger charge is 2.21. The fourth-order valence-corrected chi connectivity index (χ4v) is 3.51. The largest absolute Gasteiger partial charge is 0.493 e. The van der Waals surface area contributed by atoms with Crippen LogP contribution in [0.3, 0.4) is 0 Å². The molecular weight excluding hydrogens is 502 g/mol. The van der Waals surface area contributed by atoms with Crippen molar-refractivity contribution in [2.24, 2.45) is 0 Å². The number of methoxy groups -OCH3 is 1. The van der Waals surface area contributed by atoms with Crippen molar-refractivity contribution in [1.82, 2.24) is 9.78 Å². The first kappa shape index (κ1) is 24.4. The van der Waals surface area contributed by atoms with Gasteiger partial charge in [-0.3, -0.25) is 0 Å². The Bertz CT molecular complexity index is 1320. The van der Waals surface area contributed by atoms with Crippen molar-refractivity contribution in [2.45, 2.75) is 6.92 Å². The number of carbonyl (C=O) groups excluding carboxylic acids is 1. The number of para-hydroxylation sites is 1. The topological polar surface area (TPSA) is 136 Å². The van der Waals surface area contributed by atoms with E-state index in [-0.39, 0.29) is 35.9 Å². The first-order chi connectivity index (χ1) is 16.4. The van der Waals surface area contributed by atoms with Crippen LogP contribution in [0.25, 0.3) is 17.3 Å². The summed E-state index contributed by atoms with van der Waals surface area (Å²) in [4.78, 5) is 11.6. The van der Waals surface area contributed by atoms with Gasteiger partial charge < -0.3 is 19.9 Å². The van der Waals surface area contributed by atoms with Crippen molar-refractivity contribution < 1.29 is 19.0 Å². The molecule has 2 N–H and O–H groups in total. The number of hydrogen-bond acceptors (Lipinski definition) is 8. The quantitative estimate of drug-likeness (QED) is 0.345. The highest BCUT2D eigenvalue weighted by Crippen LogP contribution is 2.36. The Balaban J connectivity index is 2.03. The van der Waals surface area contributed by atoms with Gasteiger partial charge in [0.2, 0.25) is 0 Å². The van der Waals surface area contributed by atoms with Gasteiger partial charge in [0.15, 0.2) is 18.1 Å². The number of halogens is 1. The summed E-state index contributed by atoms with van der Waals surface area (Å²) in [6.07, 6.45) is 1.56. The number of rotatable bonds is 8. The molecule has 0 fully saturated rings.